The van der Waals surface area contributed by atoms with Crippen molar-refractivity contribution in [3.8, 4) is 33.6 Å². The average molecular weight is 350 g/mol. The molecule has 4 aromatic rings. The van der Waals surface area contributed by atoms with Gasteiger partial charge in [0.25, 0.3) is 0 Å². The van der Waals surface area contributed by atoms with Crippen molar-refractivity contribution in [2.45, 2.75) is 20.8 Å². The van der Waals surface area contributed by atoms with Crippen LogP contribution in [0.1, 0.15) is 16.8 Å². The van der Waals surface area contributed by atoms with Crippen molar-refractivity contribution in [2.75, 3.05) is 0 Å². The van der Waals surface area contributed by atoms with Crippen molar-refractivity contribution in [3.63, 3.8) is 0 Å². The Kier molecular flexibility index (Phi) is 4.55. The van der Waals surface area contributed by atoms with Gasteiger partial charge in [0, 0.05) is 28.6 Å². The molecule has 2 nitrogen and oxygen atoms in total. The highest BCUT2D eigenvalue weighted by molar-refractivity contribution is 5.76. The van der Waals surface area contributed by atoms with Crippen LogP contribution in [-0.2, 0) is 0 Å². The third-order valence-corrected chi connectivity index (χ3v) is 4.76. The molecule has 0 spiro atoms. The molecular weight excluding hydrogens is 328 g/mol. The van der Waals surface area contributed by atoms with E-state index in [4.69, 9.17) is 4.98 Å². The van der Waals surface area contributed by atoms with Gasteiger partial charge in [-0.05, 0) is 44.5 Å². The Bertz CT molecular complexity index is 907. The van der Waals surface area contributed by atoms with E-state index in [1.54, 1.807) is 0 Å². The minimum Gasteiger partial charge on any atom is -0.261 e. The van der Waals surface area contributed by atoms with Crippen LogP contribution < -0.4 is 0 Å². The lowest BCUT2D eigenvalue weighted by atomic mass is 10.00. The maximum Gasteiger partial charge on any atom is 0.0715 e. The first-order chi connectivity index (χ1) is 13.1. The van der Waals surface area contributed by atoms with Gasteiger partial charge in [-0.15, -0.1) is 0 Å². The zero-order valence-corrected chi connectivity index (χ0v) is 15.9. The minimum atomic E-state index is 0.976. The molecule has 0 saturated heterocycles. The van der Waals surface area contributed by atoms with Gasteiger partial charge < -0.3 is 0 Å². The molecule has 2 aromatic carbocycles. The zero-order chi connectivity index (χ0) is 18.8. The highest BCUT2D eigenvalue weighted by atomic mass is 14.7. The van der Waals surface area contributed by atoms with Crippen LogP contribution in [0.15, 0.2) is 79.0 Å². The smallest absolute Gasteiger partial charge is 0.0715 e. The van der Waals surface area contributed by atoms with Crippen LogP contribution in [0, 0.1) is 20.8 Å². The Labute approximate surface area is 160 Å². The number of aryl methyl sites for hydroxylation is 3. The lowest BCUT2D eigenvalue weighted by Crippen LogP contribution is -1.92. The number of hydrogen-bond donors (Lipinski definition) is 0. The van der Waals surface area contributed by atoms with E-state index in [0.29, 0.717) is 0 Å². The van der Waals surface area contributed by atoms with Gasteiger partial charge in [0.05, 0.1) is 11.4 Å². The van der Waals surface area contributed by atoms with E-state index in [9.17, 15) is 0 Å². The van der Waals surface area contributed by atoms with Gasteiger partial charge in [-0.3, -0.25) is 4.98 Å². The van der Waals surface area contributed by atoms with Gasteiger partial charge in [-0.2, -0.15) is 0 Å². The van der Waals surface area contributed by atoms with Crippen molar-refractivity contribution >= 4 is 0 Å². The summed E-state index contributed by atoms with van der Waals surface area (Å²) < 4.78 is 0. The van der Waals surface area contributed by atoms with Crippen LogP contribution >= 0.6 is 0 Å². The number of nitrogens with zero attached hydrogens (tertiary/aromatic N) is 2. The normalized spacial score (nSPS) is 10.8. The van der Waals surface area contributed by atoms with Crippen LogP contribution in [0.2, 0.25) is 0 Å². The van der Waals surface area contributed by atoms with E-state index in [2.05, 4.69) is 85.6 Å². The third kappa shape index (κ3) is 3.80. The average Bonchev–Trinajstić information content (AvgIpc) is 2.69. The maximum atomic E-state index is 4.96. The molecule has 0 bridgehead atoms. The first-order valence-electron chi connectivity index (χ1n) is 9.18. The largest absolute Gasteiger partial charge is 0.261 e. The number of aromatic nitrogens is 2. The van der Waals surface area contributed by atoms with Crippen LogP contribution in [0.3, 0.4) is 0 Å². The van der Waals surface area contributed by atoms with Crippen LogP contribution in [0.5, 0.6) is 0 Å². The van der Waals surface area contributed by atoms with Gasteiger partial charge in [0.2, 0.25) is 0 Å². The second kappa shape index (κ2) is 7.16. The Morgan fingerprint density at radius 2 is 1.00 bits per heavy atom. The maximum absolute atomic E-state index is 4.96. The summed E-state index contributed by atoms with van der Waals surface area (Å²) in [5.41, 5.74) is 9.94. The molecule has 0 aliphatic rings. The second-order valence-electron chi connectivity index (χ2n) is 7.05. The molecule has 0 saturated carbocycles. The summed E-state index contributed by atoms with van der Waals surface area (Å²) in [5, 5.41) is 0. The summed E-state index contributed by atoms with van der Waals surface area (Å²) in [4.78, 5) is 9.42. The molecule has 0 N–H and O–H groups in total. The lowest BCUT2D eigenvalue weighted by molar-refractivity contribution is 1.20. The molecular formula is C25H22N2. The molecule has 4 rings (SSSR count). The van der Waals surface area contributed by atoms with E-state index in [0.717, 1.165) is 39.3 Å². The minimum absolute atomic E-state index is 0.976. The predicted octanol–water partition coefficient (Wildman–Crippen LogP) is 6.40. The van der Waals surface area contributed by atoms with Crippen molar-refractivity contribution in [3.05, 3.63) is 95.8 Å². The molecule has 27 heavy (non-hydrogen) atoms. The van der Waals surface area contributed by atoms with Crippen molar-refractivity contribution in [1.29, 1.82) is 0 Å². The molecule has 0 amide bonds. The predicted molar refractivity (Wildman–Crippen MR) is 113 cm³/mol. The van der Waals surface area contributed by atoms with Gasteiger partial charge in [0.15, 0.2) is 0 Å². The fraction of sp³-hybridized carbons (Fsp3) is 0.120. The highest BCUT2D eigenvalue weighted by Crippen LogP contribution is 2.30. The van der Waals surface area contributed by atoms with Crippen LogP contribution in [-0.4, -0.2) is 9.97 Å². The van der Waals surface area contributed by atoms with E-state index in [1.807, 2.05) is 19.2 Å². The molecule has 0 aliphatic carbocycles. The monoisotopic (exact) mass is 350 g/mol. The molecule has 0 unspecified atom stereocenters. The molecule has 132 valence electrons. The van der Waals surface area contributed by atoms with Crippen molar-refractivity contribution in [1.82, 2.24) is 9.97 Å². The summed E-state index contributed by atoms with van der Waals surface area (Å²) in [6, 6.07) is 25.5. The van der Waals surface area contributed by atoms with Crippen LogP contribution in [0.25, 0.3) is 33.6 Å². The quantitative estimate of drug-likeness (QED) is 0.427. The zero-order valence-electron chi connectivity index (χ0n) is 15.9. The number of pyridine rings is 2. The molecule has 2 heterocycles. The molecule has 0 radical (unpaired) electrons. The van der Waals surface area contributed by atoms with Gasteiger partial charge in [-0.25, -0.2) is 4.98 Å². The molecule has 0 aliphatic heterocycles. The highest BCUT2D eigenvalue weighted by Gasteiger charge is 2.09. The fourth-order valence-corrected chi connectivity index (χ4v) is 3.08. The van der Waals surface area contributed by atoms with E-state index >= 15 is 0 Å². The van der Waals surface area contributed by atoms with Gasteiger partial charge >= 0.3 is 0 Å². The third-order valence-electron chi connectivity index (χ3n) is 4.76. The van der Waals surface area contributed by atoms with Crippen LogP contribution in [0.4, 0.5) is 0 Å². The first-order valence-corrected chi connectivity index (χ1v) is 9.18. The van der Waals surface area contributed by atoms with Gasteiger partial charge in [0.1, 0.15) is 0 Å². The standard InChI is InChI=1S/C25H22N2/c1-17-4-9-20(10-5-17)24-14-23(22-13-8-19(3)26-16-22)15-25(27-24)21-11-6-18(2)7-12-21/h4-16H,1-3H3. The van der Waals surface area contributed by atoms with Gasteiger partial charge in [-0.1, -0.05) is 65.7 Å². The van der Waals surface area contributed by atoms with E-state index in [1.165, 1.54) is 11.1 Å². The first kappa shape index (κ1) is 17.2. The SMILES string of the molecule is Cc1ccc(-c2cc(-c3ccc(C)nc3)cc(-c3ccc(C)cc3)n2)cc1. The number of hydrogen-bond acceptors (Lipinski definition) is 2. The molecule has 2 aromatic heterocycles. The fourth-order valence-electron chi connectivity index (χ4n) is 3.08. The summed E-state index contributed by atoms with van der Waals surface area (Å²) >= 11 is 0. The molecule has 0 atom stereocenters. The topological polar surface area (TPSA) is 25.8 Å². The Balaban J connectivity index is 1.89. The van der Waals surface area contributed by atoms with Crippen molar-refractivity contribution in [2.24, 2.45) is 0 Å². The Morgan fingerprint density at radius 3 is 1.44 bits per heavy atom. The Hall–Kier alpha value is -3.26. The van der Waals surface area contributed by atoms with E-state index < -0.39 is 0 Å². The second-order valence-corrected chi connectivity index (χ2v) is 7.05. The summed E-state index contributed by atoms with van der Waals surface area (Å²) in [5.74, 6) is 0. The summed E-state index contributed by atoms with van der Waals surface area (Å²) in [6.07, 6.45) is 1.93. The lowest BCUT2D eigenvalue weighted by Gasteiger charge is -2.11. The number of benzene rings is 2. The van der Waals surface area contributed by atoms with E-state index in [-0.39, 0.29) is 0 Å². The van der Waals surface area contributed by atoms with Crippen molar-refractivity contribution < 1.29 is 0 Å². The summed E-state index contributed by atoms with van der Waals surface area (Å²) in [6.45, 7) is 6.21. The number of rotatable bonds is 3. The molecule has 2 heteroatoms. The Morgan fingerprint density at radius 1 is 0.519 bits per heavy atom. The summed E-state index contributed by atoms with van der Waals surface area (Å²) in [7, 11) is 0. The molecule has 0 fully saturated rings.